The number of carbonyl (C=O) groups excluding carboxylic acids is 2. The summed E-state index contributed by atoms with van der Waals surface area (Å²) in [5, 5.41) is 2.91. The SMILES string of the molecule is CC(C)C(=O)[C@@H]1[C@H]2C(=O)N[C@@H](C)[C@]23C=C[C@]1(C)O3. The third kappa shape index (κ3) is 1.14. The number of fused-ring (bicyclic) bond motifs is 1. The third-order valence-electron chi connectivity index (χ3n) is 4.70. The second-order valence-corrected chi connectivity index (χ2v) is 6.22. The van der Waals surface area contributed by atoms with Crippen LogP contribution < -0.4 is 5.32 Å². The molecular weight excluding hydrogens is 230 g/mol. The Morgan fingerprint density at radius 3 is 2.72 bits per heavy atom. The molecule has 5 atom stereocenters. The number of ether oxygens (including phenoxy) is 1. The van der Waals surface area contributed by atoms with Crippen molar-refractivity contribution in [3.05, 3.63) is 12.2 Å². The van der Waals surface area contributed by atoms with Gasteiger partial charge in [0.2, 0.25) is 5.91 Å². The maximum Gasteiger partial charge on any atom is 0.227 e. The van der Waals surface area contributed by atoms with Gasteiger partial charge in [-0.3, -0.25) is 9.59 Å². The van der Waals surface area contributed by atoms with E-state index < -0.39 is 11.2 Å². The van der Waals surface area contributed by atoms with E-state index in [1.165, 1.54) is 0 Å². The highest BCUT2D eigenvalue weighted by atomic mass is 16.5. The predicted molar refractivity (Wildman–Crippen MR) is 65.8 cm³/mol. The summed E-state index contributed by atoms with van der Waals surface area (Å²) in [6, 6.07) is -0.0713. The van der Waals surface area contributed by atoms with Crippen LogP contribution in [-0.4, -0.2) is 28.9 Å². The zero-order chi connectivity index (χ0) is 13.3. The van der Waals surface area contributed by atoms with Crippen LogP contribution in [0.1, 0.15) is 27.7 Å². The minimum atomic E-state index is -0.613. The van der Waals surface area contributed by atoms with Crippen molar-refractivity contribution in [2.45, 2.75) is 44.9 Å². The Balaban J connectivity index is 2.10. The molecule has 0 unspecified atom stereocenters. The molecule has 0 aromatic carbocycles. The number of amides is 1. The minimum absolute atomic E-state index is 0.0467. The van der Waals surface area contributed by atoms with Crippen molar-refractivity contribution in [3.63, 3.8) is 0 Å². The summed E-state index contributed by atoms with van der Waals surface area (Å²) < 4.78 is 6.12. The lowest BCUT2D eigenvalue weighted by Crippen LogP contribution is -2.44. The Morgan fingerprint density at radius 1 is 1.44 bits per heavy atom. The van der Waals surface area contributed by atoms with Gasteiger partial charge in [0.05, 0.1) is 23.5 Å². The zero-order valence-corrected chi connectivity index (χ0v) is 11.2. The lowest BCUT2D eigenvalue weighted by Gasteiger charge is -2.29. The fourth-order valence-corrected chi connectivity index (χ4v) is 3.75. The summed E-state index contributed by atoms with van der Waals surface area (Å²) in [6.45, 7) is 7.62. The number of Topliss-reactive ketones (excluding diaryl/α,β-unsaturated/α-hetero) is 1. The number of hydrogen-bond acceptors (Lipinski definition) is 3. The van der Waals surface area contributed by atoms with Gasteiger partial charge in [-0.05, 0) is 13.8 Å². The molecule has 1 amide bonds. The van der Waals surface area contributed by atoms with Gasteiger partial charge in [0.1, 0.15) is 11.4 Å². The molecule has 0 radical (unpaired) electrons. The normalized spacial score (nSPS) is 48.7. The molecule has 0 saturated carbocycles. The van der Waals surface area contributed by atoms with Gasteiger partial charge < -0.3 is 10.1 Å². The van der Waals surface area contributed by atoms with Crippen LogP contribution in [0.3, 0.4) is 0 Å². The lowest BCUT2D eigenvalue weighted by molar-refractivity contribution is -0.135. The number of hydrogen-bond donors (Lipinski definition) is 1. The molecule has 18 heavy (non-hydrogen) atoms. The fraction of sp³-hybridized carbons (Fsp3) is 0.714. The van der Waals surface area contributed by atoms with Crippen LogP contribution in [0.2, 0.25) is 0 Å². The van der Waals surface area contributed by atoms with Gasteiger partial charge in [0, 0.05) is 5.92 Å². The summed E-state index contributed by atoms with van der Waals surface area (Å²) in [5.41, 5.74) is -1.22. The average Bonchev–Trinajstić information content (AvgIpc) is 2.83. The van der Waals surface area contributed by atoms with Gasteiger partial charge >= 0.3 is 0 Å². The largest absolute Gasteiger partial charge is 0.357 e. The van der Waals surface area contributed by atoms with E-state index in [1.807, 2.05) is 39.8 Å². The first kappa shape index (κ1) is 11.9. The second-order valence-electron chi connectivity index (χ2n) is 6.22. The maximum atomic E-state index is 12.4. The van der Waals surface area contributed by atoms with Crippen molar-refractivity contribution in [3.8, 4) is 0 Å². The molecule has 4 heteroatoms. The number of rotatable bonds is 2. The number of ketones is 1. The molecule has 98 valence electrons. The van der Waals surface area contributed by atoms with Crippen LogP contribution in [0.25, 0.3) is 0 Å². The van der Waals surface area contributed by atoms with Crippen molar-refractivity contribution in [2.75, 3.05) is 0 Å². The zero-order valence-electron chi connectivity index (χ0n) is 11.2. The summed E-state index contributed by atoms with van der Waals surface area (Å²) in [7, 11) is 0. The first-order chi connectivity index (χ1) is 8.32. The van der Waals surface area contributed by atoms with Crippen molar-refractivity contribution in [2.24, 2.45) is 17.8 Å². The molecular formula is C14H19NO3. The second kappa shape index (κ2) is 3.23. The van der Waals surface area contributed by atoms with Gasteiger partial charge in [0.15, 0.2) is 0 Å². The smallest absolute Gasteiger partial charge is 0.227 e. The Labute approximate surface area is 107 Å². The van der Waals surface area contributed by atoms with E-state index in [0.29, 0.717) is 0 Å². The lowest BCUT2D eigenvalue weighted by atomic mass is 9.67. The summed E-state index contributed by atoms with van der Waals surface area (Å²) in [5.74, 6) is -0.721. The van der Waals surface area contributed by atoms with E-state index in [4.69, 9.17) is 4.74 Å². The van der Waals surface area contributed by atoms with Crippen molar-refractivity contribution >= 4 is 11.7 Å². The third-order valence-corrected chi connectivity index (χ3v) is 4.70. The average molecular weight is 249 g/mol. The van der Waals surface area contributed by atoms with Crippen molar-refractivity contribution in [1.29, 1.82) is 0 Å². The highest BCUT2D eigenvalue weighted by molar-refractivity contribution is 5.95. The highest BCUT2D eigenvalue weighted by Crippen LogP contribution is 2.57. The summed E-state index contributed by atoms with van der Waals surface area (Å²) in [6.07, 6.45) is 3.94. The molecule has 3 aliphatic heterocycles. The minimum Gasteiger partial charge on any atom is -0.357 e. The molecule has 0 aromatic heterocycles. The molecule has 0 aromatic rings. The molecule has 2 saturated heterocycles. The van der Waals surface area contributed by atoms with Gasteiger partial charge in [-0.15, -0.1) is 0 Å². The first-order valence-electron chi connectivity index (χ1n) is 6.56. The molecule has 0 aliphatic carbocycles. The van der Waals surface area contributed by atoms with Crippen molar-refractivity contribution < 1.29 is 14.3 Å². The van der Waals surface area contributed by atoms with Crippen LogP contribution in [0.5, 0.6) is 0 Å². The Kier molecular flexibility index (Phi) is 2.14. The van der Waals surface area contributed by atoms with Gasteiger partial charge in [-0.1, -0.05) is 26.0 Å². The molecule has 4 nitrogen and oxygen atoms in total. The molecule has 3 heterocycles. The molecule has 3 aliphatic rings. The van der Waals surface area contributed by atoms with E-state index in [2.05, 4.69) is 5.32 Å². The molecule has 1 N–H and O–H groups in total. The molecule has 1 spiro atoms. The van der Waals surface area contributed by atoms with E-state index in [0.717, 1.165) is 0 Å². The monoisotopic (exact) mass is 249 g/mol. The van der Waals surface area contributed by atoms with Gasteiger partial charge in [0.25, 0.3) is 0 Å². The Bertz CT molecular complexity index is 470. The Morgan fingerprint density at radius 2 is 2.11 bits per heavy atom. The van der Waals surface area contributed by atoms with Crippen LogP contribution >= 0.6 is 0 Å². The predicted octanol–water partition coefficient (Wildman–Crippen LogP) is 1.06. The Hall–Kier alpha value is -1.16. The van der Waals surface area contributed by atoms with E-state index in [1.54, 1.807) is 0 Å². The van der Waals surface area contributed by atoms with E-state index in [-0.39, 0.29) is 35.5 Å². The quantitative estimate of drug-likeness (QED) is 0.744. The van der Waals surface area contributed by atoms with E-state index in [9.17, 15) is 9.59 Å². The summed E-state index contributed by atoms with van der Waals surface area (Å²) in [4.78, 5) is 24.6. The number of carbonyl (C=O) groups is 2. The van der Waals surface area contributed by atoms with Crippen LogP contribution in [-0.2, 0) is 14.3 Å². The first-order valence-corrected chi connectivity index (χ1v) is 6.56. The highest BCUT2D eigenvalue weighted by Gasteiger charge is 2.71. The molecule has 2 bridgehead atoms. The maximum absolute atomic E-state index is 12.4. The van der Waals surface area contributed by atoms with Crippen LogP contribution in [0.15, 0.2) is 12.2 Å². The summed E-state index contributed by atoms with van der Waals surface area (Å²) >= 11 is 0. The van der Waals surface area contributed by atoms with Gasteiger partial charge in [-0.2, -0.15) is 0 Å². The van der Waals surface area contributed by atoms with E-state index >= 15 is 0 Å². The number of nitrogens with one attached hydrogen (secondary N) is 1. The fourth-order valence-electron chi connectivity index (χ4n) is 3.75. The van der Waals surface area contributed by atoms with Crippen LogP contribution in [0, 0.1) is 17.8 Å². The van der Waals surface area contributed by atoms with Crippen LogP contribution in [0.4, 0.5) is 0 Å². The molecule has 2 fully saturated rings. The van der Waals surface area contributed by atoms with Gasteiger partial charge in [-0.25, -0.2) is 0 Å². The molecule has 3 rings (SSSR count). The standard InChI is InChI=1S/C14H19NO3/c1-7(2)11(16)9-10-12(17)15-8(3)14(10)6-5-13(9,4)18-14/h5-10H,1-4H3,(H,15,17)/t8-,9-,10-,13-,14+/m0/s1. The topological polar surface area (TPSA) is 55.4 Å². The van der Waals surface area contributed by atoms with Crippen molar-refractivity contribution in [1.82, 2.24) is 5.32 Å².